The molecule has 0 bridgehead atoms. The van der Waals surface area contributed by atoms with Crippen molar-refractivity contribution >= 4 is 29.3 Å². The van der Waals surface area contributed by atoms with Gasteiger partial charge in [0.2, 0.25) is 5.91 Å². The fourth-order valence-corrected chi connectivity index (χ4v) is 3.87. The molecular weight excluding hydrogens is 394 g/mol. The fraction of sp³-hybridized carbons (Fsp3) is 0.238. The second kappa shape index (κ2) is 9.17. The van der Waals surface area contributed by atoms with Crippen LogP contribution in [-0.4, -0.2) is 28.3 Å². The van der Waals surface area contributed by atoms with E-state index >= 15 is 0 Å². The number of carbonyl (C=O) groups excluding carboxylic acids is 1. The maximum absolute atomic E-state index is 12.5. The quantitative estimate of drug-likeness (QED) is 0.562. The number of nitrogens with zero attached hydrogens (tertiary/aromatic N) is 2. The van der Waals surface area contributed by atoms with Crippen molar-refractivity contribution in [3.8, 4) is 11.4 Å². The van der Waals surface area contributed by atoms with Crippen molar-refractivity contribution < 1.29 is 9.53 Å². The predicted molar refractivity (Wildman–Crippen MR) is 114 cm³/mol. The molecule has 1 heterocycles. The maximum Gasteiger partial charge on any atom is 0.230 e. The number of aromatic nitrogens is 2. The minimum Gasteiger partial charge on any atom is -0.496 e. The van der Waals surface area contributed by atoms with Gasteiger partial charge in [-0.3, -0.25) is 9.36 Å². The second-order valence-corrected chi connectivity index (χ2v) is 7.76. The predicted octanol–water partition coefficient (Wildman–Crippen LogP) is 4.81. The number of amides is 1. The van der Waals surface area contributed by atoms with E-state index in [4.69, 9.17) is 16.3 Å². The minimum absolute atomic E-state index is 0.0679. The standard InChI is InChI=1S/C21H22ClN3O2S/c1-14-7-8-19(27-3)18(11-14)15(2)24-20(26)13-28-21-23-9-10-25(21)17-6-4-5-16(22)12-17/h4-12,15H,13H2,1-3H3,(H,24,26)/t15-/m1/s1. The topological polar surface area (TPSA) is 56.1 Å². The average Bonchev–Trinajstić information content (AvgIpc) is 3.15. The van der Waals surface area contributed by atoms with Gasteiger partial charge in [-0.1, -0.05) is 47.1 Å². The lowest BCUT2D eigenvalue weighted by Crippen LogP contribution is -2.28. The number of nitrogens with one attached hydrogen (secondary N) is 1. The van der Waals surface area contributed by atoms with Crippen LogP contribution in [0.5, 0.6) is 5.75 Å². The Kier molecular flexibility index (Phi) is 6.65. The van der Waals surface area contributed by atoms with Crippen LogP contribution < -0.4 is 10.1 Å². The van der Waals surface area contributed by atoms with Crippen molar-refractivity contribution in [2.45, 2.75) is 25.0 Å². The molecule has 1 atom stereocenters. The van der Waals surface area contributed by atoms with Crippen LogP contribution in [0.25, 0.3) is 5.69 Å². The van der Waals surface area contributed by atoms with E-state index in [2.05, 4.69) is 10.3 Å². The van der Waals surface area contributed by atoms with E-state index in [1.807, 2.05) is 67.1 Å². The average molecular weight is 416 g/mol. The molecule has 0 unspecified atom stereocenters. The summed E-state index contributed by atoms with van der Waals surface area (Å²) in [4.78, 5) is 16.8. The molecule has 0 saturated carbocycles. The summed E-state index contributed by atoms with van der Waals surface area (Å²) in [5.41, 5.74) is 2.99. The summed E-state index contributed by atoms with van der Waals surface area (Å²) in [6, 6.07) is 13.3. The van der Waals surface area contributed by atoms with Crippen molar-refractivity contribution in [3.05, 3.63) is 71.0 Å². The Balaban J connectivity index is 1.64. The van der Waals surface area contributed by atoms with Crippen LogP contribution in [0.1, 0.15) is 24.1 Å². The summed E-state index contributed by atoms with van der Waals surface area (Å²) in [6.07, 6.45) is 3.56. The molecule has 2 aromatic carbocycles. The molecule has 0 spiro atoms. The molecule has 3 aromatic rings. The van der Waals surface area contributed by atoms with Gasteiger partial charge in [0, 0.05) is 28.7 Å². The number of thioether (sulfide) groups is 1. The van der Waals surface area contributed by atoms with Gasteiger partial charge in [-0.15, -0.1) is 0 Å². The number of carbonyl (C=O) groups is 1. The zero-order chi connectivity index (χ0) is 20.1. The van der Waals surface area contributed by atoms with Gasteiger partial charge in [-0.25, -0.2) is 4.98 Å². The summed E-state index contributed by atoms with van der Waals surface area (Å²) in [7, 11) is 1.63. The number of ether oxygens (including phenoxy) is 1. The number of aryl methyl sites for hydroxylation is 1. The molecule has 0 radical (unpaired) electrons. The van der Waals surface area contributed by atoms with Crippen molar-refractivity contribution in [1.29, 1.82) is 0 Å². The molecular formula is C21H22ClN3O2S. The first-order valence-electron chi connectivity index (χ1n) is 8.84. The van der Waals surface area contributed by atoms with Crippen molar-refractivity contribution in [1.82, 2.24) is 14.9 Å². The summed E-state index contributed by atoms with van der Waals surface area (Å²) in [5, 5.41) is 4.42. The molecule has 0 fully saturated rings. The highest BCUT2D eigenvalue weighted by atomic mass is 35.5. The van der Waals surface area contributed by atoms with E-state index in [1.165, 1.54) is 11.8 Å². The summed E-state index contributed by atoms with van der Waals surface area (Å²) < 4.78 is 7.33. The molecule has 0 aliphatic heterocycles. The molecule has 0 aliphatic carbocycles. The van der Waals surface area contributed by atoms with E-state index in [-0.39, 0.29) is 17.7 Å². The molecule has 146 valence electrons. The smallest absolute Gasteiger partial charge is 0.230 e. The molecule has 5 nitrogen and oxygen atoms in total. The number of benzene rings is 2. The Morgan fingerprint density at radius 1 is 1.32 bits per heavy atom. The van der Waals surface area contributed by atoms with E-state index in [9.17, 15) is 4.79 Å². The zero-order valence-corrected chi connectivity index (χ0v) is 17.6. The van der Waals surface area contributed by atoms with E-state index in [1.54, 1.807) is 13.3 Å². The number of rotatable bonds is 7. The Morgan fingerprint density at radius 3 is 2.89 bits per heavy atom. The van der Waals surface area contributed by atoms with E-state index < -0.39 is 0 Å². The lowest BCUT2D eigenvalue weighted by molar-refractivity contribution is -0.119. The molecule has 7 heteroatoms. The molecule has 1 aromatic heterocycles. The normalized spacial score (nSPS) is 11.9. The largest absolute Gasteiger partial charge is 0.496 e. The first kappa shape index (κ1) is 20.3. The molecule has 0 aliphatic rings. The highest BCUT2D eigenvalue weighted by Crippen LogP contribution is 2.27. The van der Waals surface area contributed by atoms with Gasteiger partial charge in [0.25, 0.3) is 0 Å². The van der Waals surface area contributed by atoms with Gasteiger partial charge in [-0.2, -0.15) is 0 Å². The zero-order valence-electron chi connectivity index (χ0n) is 16.0. The van der Waals surface area contributed by atoms with Crippen molar-refractivity contribution in [3.63, 3.8) is 0 Å². The van der Waals surface area contributed by atoms with Crippen molar-refractivity contribution in [2.75, 3.05) is 12.9 Å². The Bertz CT molecular complexity index is 974. The fourth-order valence-electron chi connectivity index (χ4n) is 2.90. The number of imidazole rings is 1. The molecule has 3 rings (SSSR count). The molecule has 1 N–H and O–H groups in total. The van der Waals surface area contributed by atoms with Crippen LogP contribution in [-0.2, 0) is 4.79 Å². The summed E-state index contributed by atoms with van der Waals surface area (Å²) >= 11 is 7.46. The number of hydrogen-bond acceptors (Lipinski definition) is 4. The van der Waals surface area contributed by atoms with Gasteiger partial charge in [0.05, 0.1) is 18.9 Å². The van der Waals surface area contributed by atoms with Crippen LogP contribution in [0.15, 0.2) is 60.0 Å². The number of halogens is 1. The first-order valence-corrected chi connectivity index (χ1v) is 10.2. The van der Waals surface area contributed by atoms with Crippen LogP contribution in [0.4, 0.5) is 0 Å². The van der Waals surface area contributed by atoms with Gasteiger partial charge in [0.1, 0.15) is 5.75 Å². The van der Waals surface area contributed by atoms with Crippen LogP contribution in [0.2, 0.25) is 5.02 Å². The molecule has 1 amide bonds. The number of hydrogen-bond donors (Lipinski definition) is 1. The Labute approximate surface area is 174 Å². The van der Waals surface area contributed by atoms with E-state index in [0.717, 1.165) is 27.7 Å². The van der Waals surface area contributed by atoms with Gasteiger partial charge in [-0.05, 0) is 38.1 Å². The third-order valence-corrected chi connectivity index (χ3v) is 5.46. The van der Waals surface area contributed by atoms with E-state index in [0.29, 0.717) is 5.02 Å². The number of methoxy groups -OCH3 is 1. The maximum atomic E-state index is 12.5. The van der Waals surface area contributed by atoms with Gasteiger partial charge < -0.3 is 10.1 Å². The summed E-state index contributed by atoms with van der Waals surface area (Å²) in [5.74, 6) is 0.958. The molecule has 28 heavy (non-hydrogen) atoms. The first-order chi connectivity index (χ1) is 13.5. The van der Waals surface area contributed by atoms with Crippen LogP contribution in [0.3, 0.4) is 0 Å². The Morgan fingerprint density at radius 2 is 2.14 bits per heavy atom. The lowest BCUT2D eigenvalue weighted by atomic mass is 10.0. The third-order valence-electron chi connectivity index (χ3n) is 4.25. The lowest BCUT2D eigenvalue weighted by Gasteiger charge is -2.18. The SMILES string of the molecule is COc1ccc(C)cc1[C@@H](C)NC(=O)CSc1nccn1-c1cccc(Cl)c1. The van der Waals surface area contributed by atoms with Gasteiger partial charge >= 0.3 is 0 Å². The van der Waals surface area contributed by atoms with Crippen molar-refractivity contribution in [2.24, 2.45) is 0 Å². The Hall–Kier alpha value is -2.44. The second-order valence-electron chi connectivity index (χ2n) is 6.38. The third kappa shape index (κ3) is 4.88. The minimum atomic E-state index is -0.157. The summed E-state index contributed by atoms with van der Waals surface area (Å²) in [6.45, 7) is 3.97. The van der Waals surface area contributed by atoms with Gasteiger partial charge in [0.15, 0.2) is 5.16 Å². The van der Waals surface area contributed by atoms with Crippen LogP contribution in [0, 0.1) is 6.92 Å². The molecule has 0 saturated heterocycles. The highest BCUT2D eigenvalue weighted by Gasteiger charge is 2.15. The monoisotopic (exact) mass is 415 g/mol. The highest BCUT2D eigenvalue weighted by molar-refractivity contribution is 7.99. The van der Waals surface area contributed by atoms with Crippen LogP contribution >= 0.6 is 23.4 Å².